The largest absolute Gasteiger partial charge is 0.355 e. The van der Waals surface area contributed by atoms with Crippen molar-refractivity contribution < 1.29 is 9.59 Å². The molecule has 6 nitrogen and oxygen atoms in total. The van der Waals surface area contributed by atoms with Gasteiger partial charge in [0.2, 0.25) is 11.8 Å². The third-order valence-electron chi connectivity index (χ3n) is 4.11. The first-order valence-corrected chi connectivity index (χ1v) is 8.41. The second kappa shape index (κ2) is 6.87. The van der Waals surface area contributed by atoms with Crippen LogP contribution in [0.5, 0.6) is 0 Å². The highest BCUT2D eigenvalue weighted by molar-refractivity contribution is 7.07. The summed E-state index contributed by atoms with van der Waals surface area (Å²) in [7, 11) is 1.74. The Labute approximate surface area is 138 Å². The van der Waals surface area contributed by atoms with Gasteiger partial charge in [-0.1, -0.05) is 6.07 Å². The van der Waals surface area contributed by atoms with E-state index in [1.54, 1.807) is 29.9 Å². The smallest absolute Gasteiger partial charge is 0.226 e. The van der Waals surface area contributed by atoms with Crippen molar-refractivity contribution in [2.75, 3.05) is 13.6 Å². The molecule has 2 amide bonds. The van der Waals surface area contributed by atoms with Crippen LogP contribution in [0.25, 0.3) is 0 Å². The first-order valence-electron chi connectivity index (χ1n) is 7.47. The number of thiazole rings is 1. The average molecular weight is 330 g/mol. The Morgan fingerprint density at radius 1 is 1.52 bits per heavy atom. The van der Waals surface area contributed by atoms with Crippen LogP contribution in [0.3, 0.4) is 0 Å². The summed E-state index contributed by atoms with van der Waals surface area (Å²) in [6.45, 7) is 0.525. The van der Waals surface area contributed by atoms with Crippen molar-refractivity contribution >= 4 is 23.2 Å². The molecule has 0 radical (unpaired) electrons. The second-order valence-corrected chi connectivity index (χ2v) is 6.29. The average Bonchev–Trinajstić information content (AvgIpc) is 3.17. The Bertz CT molecular complexity index is 675. The molecule has 0 bridgehead atoms. The third-order valence-corrected chi connectivity index (χ3v) is 4.75. The van der Waals surface area contributed by atoms with E-state index >= 15 is 0 Å². The number of nitrogens with zero attached hydrogens (tertiary/aromatic N) is 3. The van der Waals surface area contributed by atoms with E-state index in [4.69, 9.17) is 0 Å². The van der Waals surface area contributed by atoms with Crippen molar-refractivity contribution in [3.05, 3.63) is 46.7 Å². The standard InChI is InChI=1S/C16H18N4O2S/c1-20-14(21)7-13(15(20)11-3-2-5-17-8-11)16(22)18-6-4-12-9-23-10-19-12/h2-3,5,8-10,13,15H,4,6-7H2,1H3,(H,18,22)/t13-,15-/m0/s1. The summed E-state index contributed by atoms with van der Waals surface area (Å²) in [4.78, 5) is 34.5. The summed E-state index contributed by atoms with van der Waals surface area (Å²) < 4.78 is 0. The lowest BCUT2D eigenvalue weighted by molar-refractivity contribution is -0.128. The van der Waals surface area contributed by atoms with Gasteiger partial charge >= 0.3 is 0 Å². The maximum atomic E-state index is 12.5. The van der Waals surface area contributed by atoms with Crippen LogP contribution in [-0.2, 0) is 16.0 Å². The van der Waals surface area contributed by atoms with Gasteiger partial charge in [0.25, 0.3) is 0 Å². The number of hydrogen-bond donors (Lipinski definition) is 1. The minimum Gasteiger partial charge on any atom is -0.355 e. The Kier molecular flexibility index (Phi) is 4.66. The van der Waals surface area contributed by atoms with Gasteiger partial charge in [-0.15, -0.1) is 11.3 Å². The molecule has 3 heterocycles. The van der Waals surface area contributed by atoms with Gasteiger partial charge in [-0.05, 0) is 11.6 Å². The molecular weight excluding hydrogens is 312 g/mol. The molecule has 1 saturated heterocycles. The molecule has 2 aromatic rings. The van der Waals surface area contributed by atoms with E-state index in [1.165, 1.54) is 11.3 Å². The third kappa shape index (κ3) is 3.39. The van der Waals surface area contributed by atoms with Crippen LogP contribution < -0.4 is 5.32 Å². The Morgan fingerprint density at radius 2 is 2.39 bits per heavy atom. The minimum atomic E-state index is -0.382. The number of nitrogens with one attached hydrogen (secondary N) is 1. The van der Waals surface area contributed by atoms with Gasteiger partial charge in [0, 0.05) is 44.2 Å². The van der Waals surface area contributed by atoms with E-state index in [0.29, 0.717) is 13.0 Å². The summed E-state index contributed by atoms with van der Waals surface area (Å²) >= 11 is 1.54. The number of hydrogen-bond acceptors (Lipinski definition) is 5. The Hall–Kier alpha value is -2.28. The fraction of sp³-hybridized carbons (Fsp3) is 0.375. The fourth-order valence-corrected chi connectivity index (χ4v) is 3.51. The zero-order valence-corrected chi connectivity index (χ0v) is 13.6. The van der Waals surface area contributed by atoms with Crippen molar-refractivity contribution in [2.45, 2.75) is 18.9 Å². The number of carbonyl (C=O) groups excluding carboxylic acids is 2. The monoisotopic (exact) mass is 330 g/mol. The highest BCUT2D eigenvalue weighted by atomic mass is 32.1. The minimum absolute atomic E-state index is 0.0153. The van der Waals surface area contributed by atoms with Gasteiger partial charge in [-0.2, -0.15) is 0 Å². The van der Waals surface area contributed by atoms with E-state index in [0.717, 1.165) is 11.3 Å². The predicted molar refractivity (Wildman–Crippen MR) is 86.7 cm³/mol. The molecule has 1 fully saturated rings. The van der Waals surface area contributed by atoms with Gasteiger partial charge in [-0.3, -0.25) is 14.6 Å². The first kappa shape index (κ1) is 15.6. The van der Waals surface area contributed by atoms with Crippen LogP contribution in [-0.4, -0.2) is 40.3 Å². The van der Waals surface area contributed by atoms with Crippen LogP contribution in [0.1, 0.15) is 23.7 Å². The molecule has 0 aromatic carbocycles. The number of carbonyl (C=O) groups is 2. The lowest BCUT2D eigenvalue weighted by atomic mass is 9.94. The van der Waals surface area contributed by atoms with Crippen molar-refractivity contribution in [1.29, 1.82) is 0 Å². The number of aromatic nitrogens is 2. The van der Waals surface area contributed by atoms with Gasteiger partial charge in [0.15, 0.2) is 0 Å². The molecule has 2 atom stereocenters. The van der Waals surface area contributed by atoms with Crippen LogP contribution in [0, 0.1) is 5.92 Å². The molecule has 23 heavy (non-hydrogen) atoms. The maximum Gasteiger partial charge on any atom is 0.226 e. The fourth-order valence-electron chi connectivity index (χ4n) is 2.92. The molecule has 0 aliphatic carbocycles. The molecule has 0 unspecified atom stereocenters. The van der Waals surface area contributed by atoms with Gasteiger partial charge in [0.05, 0.1) is 23.2 Å². The lowest BCUT2D eigenvalue weighted by Gasteiger charge is -2.24. The van der Waals surface area contributed by atoms with Crippen molar-refractivity contribution in [1.82, 2.24) is 20.2 Å². The Morgan fingerprint density at radius 3 is 3.09 bits per heavy atom. The van der Waals surface area contributed by atoms with E-state index in [-0.39, 0.29) is 30.2 Å². The van der Waals surface area contributed by atoms with Crippen LogP contribution >= 0.6 is 11.3 Å². The number of pyridine rings is 1. The molecule has 2 aromatic heterocycles. The predicted octanol–water partition coefficient (Wildman–Crippen LogP) is 1.42. The van der Waals surface area contributed by atoms with Crippen molar-refractivity contribution in [3.8, 4) is 0 Å². The van der Waals surface area contributed by atoms with E-state index in [2.05, 4.69) is 15.3 Å². The molecule has 3 rings (SSSR count). The topological polar surface area (TPSA) is 75.2 Å². The summed E-state index contributed by atoms with van der Waals surface area (Å²) in [5, 5.41) is 4.90. The summed E-state index contributed by atoms with van der Waals surface area (Å²) in [6.07, 6.45) is 4.33. The van der Waals surface area contributed by atoms with E-state index in [9.17, 15) is 9.59 Å². The van der Waals surface area contributed by atoms with Crippen LogP contribution in [0.15, 0.2) is 35.4 Å². The normalized spacial score (nSPS) is 20.7. The summed E-state index contributed by atoms with van der Waals surface area (Å²) in [5.41, 5.74) is 3.64. The molecule has 0 saturated carbocycles. The second-order valence-electron chi connectivity index (χ2n) is 5.57. The zero-order valence-electron chi connectivity index (χ0n) is 12.8. The van der Waals surface area contributed by atoms with Crippen LogP contribution in [0.4, 0.5) is 0 Å². The highest BCUT2D eigenvalue weighted by Gasteiger charge is 2.42. The quantitative estimate of drug-likeness (QED) is 0.899. The highest BCUT2D eigenvalue weighted by Crippen LogP contribution is 2.36. The molecule has 1 aliphatic heterocycles. The number of likely N-dealkylation sites (tertiary alicyclic amines) is 1. The maximum absolute atomic E-state index is 12.5. The van der Waals surface area contributed by atoms with Gasteiger partial charge in [-0.25, -0.2) is 4.98 Å². The van der Waals surface area contributed by atoms with Gasteiger partial charge < -0.3 is 10.2 Å². The van der Waals surface area contributed by atoms with Gasteiger partial charge in [0.1, 0.15) is 0 Å². The summed E-state index contributed by atoms with van der Waals surface area (Å²) in [5.74, 6) is -0.488. The number of amides is 2. The molecule has 7 heteroatoms. The zero-order chi connectivity index (χ0) is 16.2. The molecular formula is C16H18N4O2S. The molecule has 0 spiro atoms. The van der Waals surface area contributed by atoms with Crippen molar-refractivity contribution in [3.63, 3.8) is 0 Å². The first-order chi connectivity index (χ1) is 11.2. The lowest BCUT2D eigenvalue weighted by Crippen LogP contribution is -2.35. The molecule has 1 aliphatic rings. The number of rotatable bonds is 5. The molecule has 1 N–H and O–H groups in total. The van der Waals surface area contributed by atoms with E-state index < -0.39 is 0 Å². The molecule has 120 valence electrons. The summed E-state index contributed by atoms with van der Waals surface area (Å²) in [6, 6.07) is 3.47. The van der Waals surface area contributed by atoms with Crippen LogP contribution in [0.2, 0.25) is 0 Å². The van der Waals surface area contributed by atoms with E-state index in [1.807, 2.05) is 17.5 Å². The SMILES string of the molecule is CN1C(=O)C[C@H](C(=O)NCCc2cscn2)[C@@H]1c1cccnc1. The Balaban J connectivity index is 1.66. The van der Waals surface area contributed by atoms with Crippen molar-refractivity contribution in [2.24, 2.45) is 5.92 Å².